The van der Waals surface area contributed by atoms with E-state index in [9.17, 15) is 0 Å². The van der Waals surface area contributed by atoms with Gasteiger partial charge in [-0.15, -0.1) is 10.2 Å². The maximum atomic E-state index is 5.53. The van der Waals surface area contributed by atoms with E-state index in [0.29, 0.717) is 23.2 Å². The average Bonchev–Trinajstić information content (AvgIpc) is 2.29. The lowest BCUT2D eigenvalue weighted by molar-refractivity contribution is 0.392. The molecule has 6 nitrogen and oxygen atoms in total. The first-order chi connectivity index (χ1) is 7.29. The largest absolute Gasteiger partial charge is 0.480 e. The zero-order valence-corrected chi connectivity index (χ0v) is 8.08. The summed E-state index contributed by atoms with van der Waals surface area (Å²) in [4.78, 5) is 8.05. The average molecular weight is 203 g/mol. The van der Waals surface area contributed by atoms with Crippen molar-refractivity contribution in [2.75, 3.05) is 12.8 Å². The van der Waals surface area contributed by atoms with E-state index in [4.69, 9.17) is 10.5 Å². The summed E-state index contributed by atoms with van der Waals surface area (Å²) in [6.45, 7) is 0. The van der Waals surface area contributed by atoms with Gasteiger partial charge in [-0.1, -0.05) is 0 Å². The lowest BCUT2D eigenvalue weighted by Gasteiger charge is -2.00. The Labute approximate surface area is 86.2 Å². The molecule has 0 spiro atoms. The van der Waals surface area contributed by atoms with Gasteiger partial charge in [0, 0.05) is 12.3 Å². The second-order valence-corrected chi connectivity index (χ2v) is 2.77. The normalized spacial score (nSPS) is 9.93. The molecule has 0 saturated heterocycles. The Morgan fingerprint density at radius 1 is 1.20 bits per heavy atom. The van der Waals surface area contributed by atoms with Crippen LogP contribution in [0.1, 0.15) is 0 Å². The molecular weight excluding hydrogens is 194 g/mol. The van der Waals surface area contributed by atoms with Crippen molar-refractivity contribution in [2.45, 2.75) is 0 Å². The molecular formula is C9H9N5O. The Hall–Kier alpha value is -2.24. The van der Waals surface area contributed by atoms with Crippen LogP contribution in [0, 0.1) is 0 Å². The number of rotatable bonds is 2. The molecule has 0 saturated carbocycles. The van der Waals surface area contributed by atoms with Gasteiger partial charge in [-0.25, -0.2) is 9.97 Å². The molecule has 6 heteroatoms. The molecule has 2 aromatic heterocycles. The van der Waals surface area contributed by atoms with Crippen molar-refractivity contribution in [3.8, 4) is 17.4 Å². The van der Waals surface area contributed by atoms with E-state index < -0.39 is 0 Å². The second-order valence-electron chi connectivity index (χ2n) is 2.77. The van der Waals surface area contributed by atoms with Gasteiger partial charge in [0.2, 0.25) is 5.88 Å². The van der Waals surface area contributed by atoms with E-state index in [0.717, 1.165) is 0 Å². The summed E-state index contributed by atoms with van der Waals surface area (Å²) in [5.74, 6) is 1.30. The first-order valence-corrected chi connectivity index (χ1v) is 4.26. The monoisotopic (exact) mass is 203 g/mol. The molecule has 2 heterocycles. The molecule has 0 aliphatic rings. The molecule has 0 radical (unpaired) electrons. The Balaban J connectivity index is 2.37. The quantitative estimate of drug-likeness (QED) is 0.765. The minimum absolute atomic E-state index is 0.401. The lowest BCUT2D eigenvalue weighted by Crippen LogP contribution is -1.98. The van der Waals surface area contributed by atoms with E-state index in [1.807, 2.05) is 0 Å². The minimum atomic E-state index is 0.401. The molecule has 15 heavy (non-hydrogen) atoms. The van der Waals surface area contributed by atoms with E-state index in [-0.39, 0.29) is 0 Å². The van der Waals surface area contributed by atoms with Crippen LogP contribution in [0.25, 0.3) is 11.5 Å². The maximum Gasteiger partial charge on any atom is 0.233 e. The number of hydrogen-bond donors (Lipinski definition) is 1. The molecule has 0 unspecified atom stereocenters. The number of nitrogens with zero attached hydrogens (tertiary/aromatic N) is 4. The summed E-state index contributed by atoms with van der Waals surface area (Å²) >= 11 is 0. The van der Waals surface area contributed by atoms with Gasteiger partial charge < -0.3 is 10.5 Å². The highest BCUT2D eigenvalue weighted by molar-refractivity contribution is 5.50. The summed E-state index contributed by atoms with van der Waals surface area (Å²) in [6.07, 6.45) is 1.57. The van der Waals surface area contributed by atoms with Gasteiger partial charge >= 0.3 is 0 Å². The van der Waals surface area contributed by atoms with E-state index in [1.54, 1.807) is 24.4 Å². The van der Waals surface area contributed by atoms with Crippen LogP contribution in [0.2, 0.25) is 0 Å². The highest BCUT2D eigenvalue weighted by atomic mass is 16.5. The molecule has 0 atom stereocenters. The van der Waals surface area contributed by atoms with Gasteiger partial charge in [-0.2, -0.15) is 0 Å². The molecule has 76 valence electrons. The van der Waals surface area contributed by atoms with Crippen LogP contribution in [-0.2, 0) is 0 Å². The third-order valence-electron chi connectivity index (χ3n) is 1.76. The van der Waals surface area contributed by atoms with Crippen molar-refractivity contribution in [3.05, 3.63) is 24.4 Å². The van der Waals surface area contributed by atoms with Gasteiger partial charge in [0.1, 0.15) is 11.5 Å². The van der Waals surface area contributed by atoms with Gasteiger partial charge in [0.05, 0.1) is 7.11 Å². The Bertz CT molecular complexity index is 456. The molecule has 0 bridgehead atoms. The fourth-order valence-corrected chi connectivity index (χ4v) is 1.04. The third-order valence-corrected chi connectivity index (χ3v) is 1.76. The first kappa shape index (κ1) is 9.32. The fraction of sp³-hybridized carbons (Fsp3) is 0.111. The van der Waals surface area contributed by atoms with Crippen LogP contribution in [0.4, 0.5) is 5.82 Å². The number of anilines is 1. The number of nitrogens with two attached hydrogens (primary N) is 1. The molecule has 0 amide bonds. The van der Waals surface area contributed by atoms with Crippen molar-refractivity contribution in [1.82, 2.24) is 20.2 Å². The Kier molecular flexibility index (Phi) is 2.40. The zero-order chi connectivity index (χ0) is 10.7. The molecule has 2 rings (SSSR count). The number of hydrogen-bond acceptors (Lipinski definition) is 6. The standard InChI is InChI=1S/C9H9N5O/c1-15-8-3-2-6(13-14-8)9-11-5-4-7(10)12-9/h2-5H,1H3,(H2,10,11,12). The van der Waals surface area contributed by atoms with Crippen LogP contribution < -0.4 is 10.5 Å². The predicted octanol–water partition coefficient (Wildman–Crippen LogP) is 0.524. The molecule has 0 aliphatic heterocycles. The summed E-state index contributed by atoms with van der Waals surface area (Å²) in [6, 6.07) is 5.02. The lowest BCUT2D eigenvalue weighted by atomic mass is 10.3. The van der Waals surface area contributed by atoms with Crippen LogP contribution in [-0.4, -0.2) is 27.3 Å². The van der Waals surface area contributed by atoms with Crippen molar-refractivity contribution < 1.29 is 4.74 Å². The highest BCUT2D eigenvalue weighted by Gasteiger charge is 2.03. The molecule has 0 aromatic carbocycles. The molecule has 2 N–H and O–H groups in total. The van der Waals surface area contributed by atoms with Gasteiger partial charge in [0.25, 0.3) is 0 Å². The number of ether oxygens (including phenoxy) is 1. The van der Waals surface area contributed by atoms with Gasteiger partial charge in [0.15, 0.2) is 5.82 Å². The smallest absolute Gasteiger partial charge is 0.233 e. The van der Waals surface area contributed by atoms with Crippen LogP contribution in [0.3, 0.4) is 0 Å². The van der Waals surface area contributed by atoms with E-state index in [2.05, 4.69) is 20.2 Å². The molecule has 2 aromatic rings. The summed E-state index contributed by atoms with van der Waals surface area (Å²) in [5, 5.41) is 7.72. The van der Waals surface area contributed by atoms with Gasteiger partial charge in [-0.05, 0) is 12.1 Å². The number of aromatic nitrogens is 4. The van der Waals surface area contributed by atoms with Crippen LogP contribution >= 0.6 is 0 Å². The molecule has 0 aliphatic carbocycles. The second kappa shape index (κ2) is 3.87. The Morgan fingerprint density at radius 2 is 2.07 bits per heavy atom. The summed E-state index contributed by atoms with van der Waals surface area (Å²) < 4.78 is 4.89. The predicted molar refractivity (Wildman–Crippen MR) is 54.0 cm³/mol. The van der Waals surface area contributed by atoms with Gasteiger partial charge in [-0.3, -0.25) is 0 Å². The Morgan fingerprint density at radius 3 is 2.67 bits per heavy atom. The number of nitrogen functional groups attached to an aromatic ring is 1. The van der Waals surface area contributed by atoms with Crippen LogP contribution in [0.5, 0.6) is 5.88 Å². The van der Waals surface area contributed by atoms with Crippen molar-refractivity contribution in [2.24, 2.45) is 0 Å². The van der Waals surface area contributed by atoms with Crippen molar-refractivity contribution in [3.63, 3.8) is 0 Å². The van der Waals surface area contributed by atoms with Crippen LogP contribution in [0.15, 0.2) is 24.4 Å². The topological polar surface area (TPSA) is 86.8 Å². The summed E-state index contributed by atoms with van der Waals surface area (Å²) in [7, 11) is 1.53. The zero-order valence-electron chi connectivity index (χ0n) is 8.08. The van der Waals surface area contributed by atoms with E-state index in [1.165, 1.54) is 7.11 Å². The van der Waals surface area contributed by atoms with E-state index >= 15 is 0 Å². The maximum absolute atomic E-state index is 5.53. The first-order valence-electron chi connectivity index (χ1n) is 4.26. The van der Waals surface area contributed by atoms with Crippen molar-refractivity contribution >= 4 is 5.82 Å². The van der Waals surface area contributed by atoms with Crippen molar-refractivity contribution in [1.29, 1.82) is 0 Å². The fourth-order valence-electron chi connectivity index (χ4n) is 1.04. The molecule has 0 fully saturated rings. The third kappa shape index (κ3) is 1.98. The minimum Gasteiger partial charge on any atom is -0.480 e. The number of methoxy groups -OCH3 is 1. The highest BCUT2D eigenvalue weighted by Crippen LogP contribution is 2.13. The summed E-state index contributed by atoms with van der Waals surface area (Å²) in [5.41, 5.74) is 6.09. The SMILES string of the molecule is COc1ccc(-c2nccc(N)n2)nn1.